The summed E-state index contributed by atoms with van der Waals surface area (Å²) < 4.78 is 0. The minimum Gasteiger partial charge on any atom is -0.339 e. The summed E-state index contributed by atoms with van der Waals surface area (Å²) in [5, 5.41) is 0.642. The minimum absolute atomic E-state index is 0. The first-order chi connectivity index (χ1) is 12.4. The molecule has 150 valence electrons. The maximum atomic E-state index is 12.9. The molecular formula is C20H29Cl2N3O2. The van der Waals surface area contributed by atoms with Crippen LogP contribution in [-0.4, -0.2) is 53.3 Å². The van der Waals surface area contributed by atoms with Gasteiger partial charge in [0.05, 0.1) is 12.3 Å². The molecule has 27 heavy (non-hydrogen) atoms. The van der Waals surface area contributed by atoms with Crippen molar-refractivity contribution in [2.45, 2.75) is 44.6 Å². The van der Waals surface area contributed by atoms with E-state index in [1.54, 1.807) is 6.07 Å². The van der Waals surface area contributed by atoms with Gasteiger partial charge in [-0.2, -0.15) is 0 Å². The smallest absolute Gasteiger partial charge is 0.227 e. The van der Waals surface area contributed by atoms with Crippen LogP contribution >= 0.6 is 24.0 Å². The number of nitrogens with two attached hydrogens (primary N) is 1. The van der Waals surface area contributed by atoms with Crippen molar-refractivity contribution in [1.29, 1.82) is 0 Å². The van der Waals surface area contributed by atoms with Crippen molar-refractivity contribution in [1.82, 2.24) is 9.80 Å². The minimum atomic E-state index is -0.408. The quantitative estimate of drug-likeness (QED) is 0.827. The van der Waals surface area contributed by atoms with Crippen molar-refractivity contribution in [2.75, 3.05) is 26.2 Å². The van der Waals surface area contributed by atoms with Crippen LogP contribution in [0.4, 0.5) is 0 Å². The molecule has 5 nitrogen and oxygen atoms in total. The third kappa shape index (κ3) is 5.37. The topological polar surface area (TPSA) is 66.6 Å². The molecule has 1 aliphatic carbocycles. The monoisotopic (exact) mass is 413 g/mol. The van der Waals surface area contributed by atoms with E-state index in [9.17, 15) is 9.59 Å². The molecule has 0 radical (unpaired) electrons. The van der Waals surface area contributed by atoms with Gasteiger partial charge in [-0.15, -0.1) is 12.4 Å². The van der Waals surface area contributed by atoms with Gasteiger partial charge in [0.15, 0.2) is 0 Å². The fraction of sp³-hybridized carbons (Fsp3) is 0.600. The molecule has 3 rings (SSSR count). The highest BCUT2D eigenvalue weighted by molar-refractivity contribution is 6.30. The Kier molecular flexibility index (Phi) is 7.55. The van der Waals surface area contributed by atoms with Gasteiger partial charge in [-0.25, -0.2) is 0 Å². The number of amides is 2. The third-order valence-electron chi connectivity index (χ3n) is 5.74. The van der Waals surface area contributed by atoms with Crippen LogP contribution < -0.4 is 5.73 Å². The number of benzene rings is 1. The van der Waals surface area contributed by atoms with Crippen molar-refractivity contribution in [2.24, 2.45) is 11.7 Å². The number of halogens is 2. The first-order valence-corrected chi connectivity index (χ1v) is 9.84. The predicted octanol–water partition coefficient (Wildman–Crippen LogP) is 2.88. The van der Waals surface area contributed by atoms with Crippen molar-refractivity contribution >= 4 is 35.8 Å². The van der Waals surface area contributed by atoms with Crippen molar-refractivity contribution in [3.05, 3.63) is 34.9 Å². The maximum Gasteiger partial charge on any atom is 0.227 e. The normalized spacial score (nSPS) is 25.7. The second-order valence-corrected chi connectivity index (χ2v) is 8.25. The Morgan fingerprint density at radius 2 is 1.85 bits per heavy atom. The first kappa shape index (κ1) is 22.0. The SMILES string of the molecule is CC1(N)CCCCC1C(=O)N1CCN(C(=O)Cc2cccc(Cl)c2)CC1.Cl. The van der Waals surface area contributed by atoms with Gasteiger partial charge in [0, 0.05) is 36.7 Å². The lowest BCUT2D eigenvalue weighted by atomic mass is 9.74. The molecule has 2 fully saturated rings. The number of rotatable bonds is 3. The van der Waals surface area contributed by atoms with Crippen LogP contribution in [0.15, 0.2) is 24.3 Å². The Morgan fingerprint density at radius 1 is 1.19 bits per heavy atom. The molecule has 2 N–H and O–H groups in total. The number of carbonyl (C=O) groups is 2. The highest BCUT2D eigenvalue weighted by atomic mass is 35.5. The molecular weight excluding hydrogens is 385 g/mol. The highest BCUT2D eigenvalue weighted by Gasteiger charge is 2.40. The molecule has 1 aromatic carbocycles. The summed E-state index contributed by atoms with van der Waals surface area (Å²) in [5.41, 5.74) is 6.89. The van der Waals surface area contributed by atoms with Crippen LogP contribution in [-0.2, 0) is 16.0 Å². The summed E-state index contributed by atoms with van der Waals surface area (Å²) in [6, 6.07) is 7.39. The van der Waals surface area contributed by atoms with Crippen LogP contribution in [0.5, 0.6) is 0 Å². The second kappa shape index (κ2) is 9.26. The number of hydrogen-bond donors (Lipinski definition) is 1. The molecule has 0 aromatic heterocycles. The van der Waals surface area contributed by atoms with Crippen LogP contribution in [0.25, 0.3) is 0 Å². The van der Waals surface area contributed by atoms with Gasteiger partial charge in [-0.3, -0.25) is 9.59 Å². The zero-order valence-electron chi connectivity index (χ0n) is 15.8. The zero-order valence-corrected chi connectivity index (χ0v) is 17.4. The summed E-state index contributed by atoms with van der Waals surface area (Å²) >= 11 is 5.99. The summed E-state index contributed by atoms with van der Waals surface area (Å²) in [6.45, 7) is 4.34. The lowest BCUT2D eigenvalue weighted by Gasteiger charge is -2.42. The Morgan fingerprint density at radius 3 is 2.48 bits per heavy atom. The lowest BCUT2D eigenvalue weighted by molar-refractivity contribution is -0.144. The van der Waals surface area contributed by atoms with Crippen LogP contribution in [0.1, 0.15) is 38.2 Å². The predicted molar refractivity (Wildman–Crippen MR) is 110 cm³/mol. The third-order valence-corrected chi connectivity index (χ3v) is 5.98. The van der Waals surface area contributed by atoms with E-state index in [1.165, 1.54) is 0 Å². The van der Waals surface area contributed by atoms with Crippen molar-refractivity contribution in [3.8, 4) is 0 Å². The Hall–Kier alpha value is -1.30. The molecule has 2 aliphatic rings. The fourth-order valence-corrected chi connectivity index (χ4v) is 4.31. The highest BCUT2D eigenvalue weighted by Crippen LogP contribution is 2.33. The van der Waals surface area contributed by atoms with E-state index in [0.29, 0.717) is 37.6 Å². The number of nitrogens with zero attached hydrogens (tertiary/aromatic N) is 2. The second-order valence-electron chi connectivity index (χ2n) is 7.82. The van der Waals surface area contributed by atoms with Gasteiger partial charge < -0.3 is 15.5 Å². The molecule has 1 saturated carbocycles. The zero-order chi connectivity index (χ0) is 18.7. The van der Waals surface area contributed by atoms with Gasteiger partial charge in [-0.05, 0) is 37.5 Å². The van der Waals surface area contributed by atoms with Gasteiger partial charge in [0.1, 0.15) is 0 Å². The Labute approximate surface area is 172 Å². The van der Waals surface area contributed by atoms with Gasteiger partial charge in [0.2, 0.25) is 11.8 Å². The molecule has 2 unspecified atom stereocenters. The van der Waals surface area contributed by atoms with E-state index >= 15 is 0 Å². The molecule has 7 heteroatoms. The Bertz CT molecular complexity index is 673. The number of carbonyl (C=O) groups excluding carboxylic acids is 2. The first-order valence-electron chi connectivity index (χ1n) is 9.47. The van der Waals surface area contributed by atoms with Gasteiger partial charge in [-0.1, -0.05) is 36.6 Å². The number of hydrogen-bond acceptors (Lipinski definition) is 3. The summed E-state index contributed by atoms with van der Waals surface area (Å²) in [5.74, 6) is 0.155. The van der Waals surface area contributed by atoms with Gasteiger partial charge in [0.25, 0.3) is 0 Å². The van der Waals surface area contributed by atoms with E-state index in [2.05, 4.69) is 0 Å². The summed E-state index contributed by atoms with van der Waals surface area (Å²) in [4.78, 5) is 29.2. The van der Waals surface area contributed by atoms with Crippen LogP contribution in [0.2, 0.25) is 5.02 Å². The standard InChI is InChI=1S/C20H28ClN3O2.ClH/c1-20(22)8-3-2-7-17(20)19(26)24-11-9-23(10-12-24)18(25)14-15-5-4-6-16(21)13-15;/h4-6,13,17H,2-3,7-12,14,22H2,1H3;1H. The molecule has 2 amide bonds. The average molecular weight is 414 g/mol. The molecule has 0 bridgehead atoms. The van der Waals surface area contributed by atoms with Crippen LogP contribution in [0.3, 0.4) is 0 Å². The number of piperazine rings is 1. The van der Waals surface area contributed by atoms with E-state index < -0.39 is 5.54 Å². The largest absolute Gasteiger partial charge is 0.339 e. The lowest BCUT2D eigenvalue weighted by Crippen LogP contribution is -2.57. The van der Waals surface area contributed by atoms with Crippen molar-refractivity contribution < 1.29 is 9.59 Å². The van der Waals surface area contributed by atoms with E-state index in [-0.39, 0.29) is 30.1 Å². The van der Waals surface area contributed by atoms with E-state index in [1.807, 2.05) is 34.9 Å². The molecule has 1 saturated heterocycles. The average Bonchev–Trinajstić information content (AvgIpc) is 2.61. The molecule has 1 heterocycles. The molecule has 0 spiro atoms. The maximum absolute atomic E-state index is 12.9. The Balaban J connectivity index is 0.00000261. The molecule has 1 aliphatic heterocycles. The summed E-state index contributed by atoms with van der Waals surface area (Å²) in [7, 11) is 0. The van der Waals surface area contributed by atoms with Crippen molar-refractivity contribution in [3.63, 3.8) is 0 Å². The molecule has 1 aromatic rings. The summed E-state index contributed by atoms with van der Waals surface area (Å²) in [6.07, 6.45) is 4.29. The van der Waals surface area contributed by atoms with E-state index in [4.69, 9.17) is 17.3 Å². The van der Waals surface area contributed by atoms with Crippen LogP contribution in [0, 0.1) is 5.92 Å². The van der Waals surface area contributed by atoms with E-state index in [0.717, 1.165) is 31.2 Å². The molecule has 2 atom stereocenters. The van der Waals surface area contributed by atoms with Gasteiger partial charge >= 0.3 is 0 Å². The fourth-order valence-electron chi connectivity index (χ4n) is 4.09.